The second-order valence-electron chi connectivity index (χ2n) is 6.58. The van der Waals surface area contributed by atoms with Crippen LogP contribution < -0.4 is 0 Å². The van der Waals surface area contributed by atoms with E-state index in [1.54, 1.807) is 12.1 Å². The maximum absolute atomic E-state index is 13.6. The fourth-order valence-electron chi connectivity index (χ4n) is 3.50. The maximum atomic E-state index is 13.6. The Morgan fingerprint density at radius 2 is 1.73 bits per heavy atom. The van der Waals surface area contributed by atoms with E-state index in [2.05, 4.69) is 0 Å². The van der Waals surface area contributed by atoms with Crippen LogP contribution in [0.25, 0.3) is 5.76 Å². The second-order valence-corrected chi connectivity index (χ2v) is 8.79. The summed E-state index contributed by atoms with van der Waals surface area (Å²) in [6.45, 7) is 2.29. The summed E-state index contributed by atoms with van der Waals surface area (Å²) < 4.78 is 36.1. The van der Waals surface area contributed by atoms with E-state index in [1.165, 1.54) is 26.4 Å². The van der Waals surface area contributed by atoms with Crippen LogP contribution in [0, 0.1) is 10.1 Å². The van der Waals surface area contributed by atoms with Crippen LogP contribution in [0.15, 0.2) is 59.9 Å². The van der Waals surface area contributed by atoms with Gasteiger partial charge in [0, 0.05) is 50.9 Å². The third kappa shape index (κ3) is 4.47. The summed E-state index contributed by atoms with van der Waals surface area (Å²) in [7, 11) is -1.07. The average molecular weight is 433 g/mol. The lowest BCUT2D eigenvalue weighted by molar-refractivity contribution is -0.384. The van der Waals surface area contributed by atoms with Crippen molar-refractivity contribution in [1.29, 1.82) is 0 Å². The smallest absolute Gasteiger partial charge is 0.361 e. The number of hydrogen-bond donors (Lipinski definition) is 0. The molecule has 0 unspecified atom stereocenters. The van der Waals surface area contributed by atoms with Crippen LogP contribution in [0.3, 0.4) is 0 Å². The Morgan fingerprint density at radius 3 is 2.27 bits per heavy atom. The largest absolute Gasteiger partial charge is 0.464 e. The fourth-order valence-corrected chi connectivity index (χ4v) is 5.11. The lowest BCUT2D eigenvalue weighted by atomic mass is 9.91. The topological polar surface area (TPSA) is 97.1 Å². The van der Waals surface area contributed by atoms with Gasteiger partial charge < -0.3 is 18.5 Å². The van der Waals surface area contributed by atoms with Crippen LogP contribution in [-0.2, 0) is 23.1 Å². The van der Waals surface area contributed by atoms with E-state index in [0.29, 0.717) is 29.7 Å². The van der Waals surface area contributed by atoms with E-state index in [0.717, 1.165) is 5.56 Å². The molecule has 8 nitrogen and oxygen atoms in total. The Bertz CT molecular complexity index is 951. The van der Waals surface area contributed by atoms with Crippen LogP contribution >= 0.6 is 7.60 Å². The Morgan fingerprint density at radius 1 is 1.10 bits per heavy atom. The highest BCUT2D eigenvalue weighted by molar-refractivity contribution is 7.58. The molecule has 0 fully saturated rings. The quantitative estimate of drug-likeness (QED) is 0.316. The molecule has 1 aliphatic heterocycles. The number of hydrogen-bond acceptors (Lipinski definition) is 7. The number of nitro benzene ring substituents is 1. The molecular weight excluding hydrogens is 409 g/mol. The van der Waals surface area contributed by atoms with Crippen LogP contribution in [0.5, 0.6) is 0 Å². The van der Waals surface area contributed by atoms with Crippen molar-refractivity contribution in [2.24, 2.45) is 0 Å². The van der Waals surface area contributed by atoms with Gasteiger partial charge in [-0.15, -0.1) is 0 Å². The number of nitro groups is 1. The first-order valence-corrected chi connectivity index (χ1v) is 11.0. The molecule has 1 aliphatic rings. The van der Waals surface area contributed by atoms with E-state index >= 15 is 0 Å². The first-order chi connectivity index (χ1) is 14.4. The van der Waals surface area contributed by atoms with Crippen molar-refractivity contribution in [3.05, 3.63) is 81.2 Å². The Balaban J connectivity index is 2.22. The van der Waals surface area contributed by atoms with E-state index in [1.807, 2.05) is 37.3 Å². The highest BCUT2D eigenvalue weighted by Gasteiger charge is 2.44. The van der Waals surface area contributed by atoms with Gasteiger partial charge in [-0.2, -0.15) is 0 Å². The molecule has 3 rings (SSSR count). The molecule has 0 spiro atoms. The molecule has 0 saturated carbocycles. The summed E-state index contributed by atoms with van der Waals surface area (Å²) in [5, 5.41) is 11.4. The Kier molecular flexibility index (Phi) is 7.05. The fraction of sp³-hybridized carbons (Fsp3) is 0.333. The first-order valence-electron chi connectivity index (χ1n) is 9.47. The zero-order chi connectivity index (χ0) is 21.7. The number of rotatable bonds is 8. The molecule has 0 aromatic heterocycles. The van der Waals surface area contributed by atoms with E-state index in [9.17, 15) is 14.7 Å². The molecule has 2 aromatic carbocycles. The van der Waals surface area contributed by atoms with Crippen molar-refractivity contribution in [3.8, 4) is 0 Å². The van der Waals surface area contributed by atoms with E-state index in [4.69, 9.17) is 18.5 Å². The van der Waals surface area contributed by atoms with Crippen LogP contribution in [0.2, 0.25) is 0 Å². The Hall–Kier alpha value is -2.51. The third-order valence-electron chi connectivity index (χ3n) is 4.91. The monoisotopic (exact) mass is 433 g/mol. The normalized spacial score (nSPS) is 19.4. The molecule has 2 atom stereocenters. The highest BCUT2D eigenvalue weighted by Crippen LogP contribution is 2.64. The van der Waals surface area contributed by atoms with Gasteiger partial charge >= 0.3 is 7.60 Å². The van der Waals surface area contributed by atoms with Crippen molar-refractivity contribution in [2.75, 3.05) is 20.8 Å². The number of allylic oxidation sites excluding steroid dienone is 1. The minimum absolute atomic E-state index is 0.0253. The van der Waals surface area contributed by atoms with E-state index in [-0.39, 0.29) is 5.69 Å². The molecular formula is C21H24NO7P. The van der Waals surface area contributed by atoms with Crippen molar-refractivity contribution in [3.63, 3.8) is 0 Å². The summed E-state index contributed by atoms with van der Waals surface area (Å²) in [5.41, 5.74) is 1.41. The molecule has 0 bridgehead atoms. The van der Waals surface area contributed by atoms with Gasteiger partial charge in [-0.1, -0.05) is 42.5 Å². The van der Waals surface area contributed by atoms with E-state index < -0.39 is 24.7 Å². The van der Waals surface area contributed by atoms with Crippen LogP contribution in [0.1, 0.15) is 30.4 Å². The second kappa shape index (κ2) is 9.53. The van der Waals surface area contributed by atoms with Crippen LogP contribution in [0.4, 0.5) is 5.69 Å². The summed E-state index contributed by atoms with van der Waals surface area (Å²) in [5.74, 6) is -0.0762. The highest BCUT2D eigenvalue weighted by atomic mass is 31.2. The van der Waals surface area contributed by atoms with Crippen molar-refractivity contribution in [1.82, 2.24) is 0 Å². The van der Waals surface area contributed by atoms with Crippen molar-refractivity contribution in [2.45, 2.75) is 25.6 Å². The summed E-state index contributed by atoms with van der Waals surface area (Å²) in [6, 6.07) is 15.4. The van der Waals surface area contributed by atoms with Gasteiger partial charge in [0.05, 0.1) is 10.2 Å². The van der Waals surface area contributed by atoms with Gasteiger partial charge in [0.15, 0.2) is 0 Å². The summed E-state index contributed by atoms with van der Waals surface area (Å²) in [4.78, 5) is 10.6. The van der Waals surface area contributed by atoms with Crippen LogP contribution in [-0.4, -0.2) is 32.0 Å². The molecule has 9 heteroatoms. The number of benzene rings is 2. The average Bonchev–Trinajstić information content (AvgIpc) is 2.79. The minimum atomic E-state index is -3.71. The van der Waals surface area contributed by atoms with Gasteiger partial charge in [0.2, 0.25) is 6.29 Å². The summed E-state index contributed by atoms with van der Waals surface area (Å²) >= 11 is 0. The molecule has 1 heterocycles. The van der Waals surface area contributed by atoms with Crippen molar-refractivity contribution < 1.29 is 28.0 Å². The number of nitrogens with zero attached hydrogens (tertiary/aromatic N) is 1. The molecule has 0 N–H and O–H groups in total. The SMILES string of the molecule is CCO[C@@H]1C[C@@H](c2ccc([N+](=O)[O-])cc2)C(P(=O)(OC)OC)=C(c2ccccc2)O1. The van der Waals surface area contributed by atoms with Crippen molar-refractivity contribution >= 4 is 19.0 Å². The zero-order valence-corrected chi connectivity index (χ0v) is 17.9. The zero-order valence-electron chi connectivity index (χ0n) is 17.0. The van der Waals surface area contributed by atoms with Gasteiger partial charge in [-0.25, -0.2) is 0 Å². The molecule has 0 saturated heterocycles. The molecule has 0 amide bonds. The molecule has 160 valence electrons. The molecule has 0 aliphatic carbocycles. The maximum Gasteiger partial charge on any atom is 0.361 e. The van der Waals surface area contributed by atoms with Gasteiger partial charge in [-0.3, -0.25) is 14.7 Å². The number of non-ortho nitro benzene ring substituents is 1. The van der Waals surface area contributed by atoms with Gasteiger partial charge in [-0.05, 0) is 12.5 Å². The van der Waals surface area contributed by atoms with Gasteiger partial charge in [0.1, 0.15) is 5.76 Å². The minimum Gasteiger partial charge on any atom is -0.464 e. The predicted octanol–water partition coefficient (Wildman–Crippen LogP) is 5.32. The Labute approximate surface area is 175 Å². The standard InChI is InChI=1S/C21H24NO7P/c1-4-28-19-14-18(15-10-12-17(13-11-15)22(23)24)21(30(25,26-2)27-3)20(29-19)16-8-6-5-7-9-16/h5-13,18-19H,4,14H2,1-3H3/t18-,19-/m0/s1. The van der Waals surface area contributed by atoms with Gasteiger partial charge in [0.25, 0.3) is 5.69 Å². The lowest BCUT2D eigenvalue weighted by Crippen LogP contribution is -2.27. The molecule has 0 radical (unpaired) electrons. The first kappa shape index (κ1) is 22.2. The predicted molar refractivity (Wildman–Crippen MR) is 112 cm³/mol. The molecule has 30 heavy (non-hydrogen) atoms. The number of ether oxygens (including phenoxy) is 2. The summed E-state index contributed by atoms with van der Waals surface area (Å²) in [6.07, 6.45) is -0.232. The third-order valence-corrected chi connectivity index (χ3v) is 6.98. The lowest BCUT2D eigenvalue weighted by Gasteiger charge is -2.36. The molecule has 2 aromatic rings.